The molecule has 0 saturated heterocycles. The average molecular weight is 239 g/mol. The smallest absolute Gasteiger partial charge is 0.100 e. The quantitative estimate of drug-likeness (QED) is 0.859. The zero-order valence-electron chi connectivity index (χ0n) is 7.00. The molecule has 0 aliphatic rings. The Hall–Kier alpha value is -0.850. The molecule has 0 amide bonds. The molecule has 0 bridgehead atoms. The summed E-state index contributed by atoms with van der Waals surface area (Å²) in [5.74, 6) is -0.166. The molecule has 1 aromatic rings. The number of rotatable bonds is 2. The summed E-state index contributed by atoms with van der Waals surface area (Å²) >= 11 is 3.26. The van der Waals surface area contributed by atoms with Gasteiger partial charge in [0.05, 0.1) is 5.56 Å². The summed E-state index contributed by atoms with van der Waals surface area (Å²) in [6.45, 7) is 3.75. The van der Waals surface area contributed by atoms with Gasteiger partial charge in [-0.25, -0.2) is 0 Å². The monoisotopic (exact) mass is 238 g/mol. The highest BCUT2D eigenvalue weighted by Gasteiger charge is 2.06. The highest BCUT2D eigenvalue weighted by Crippen LogP contribution is 2.21. The normalized spacial score (nSPS) is 12.2. The van der Waals surface area contributed by atoms with Crippen LogP contribution in [0.15, 0.2) is 22.7 Å². The molecule has 13 heavy (non-hydrogen) atoms. The molecule has 2 nitrogen and oxygen atoms in total. The van der Waals surface area contributed by atoms with Crippen LogP contribution in [0.3, 0.4) is 0 Å². The van der Waals surface area contributed by atoms with Crippen LogP contribution < -0.4 is 0 Å². The van der Waals surface area contributed by atoms with E-state index < -0.39 is 0 Å². The van der Waals surface area contributed by atoms with E-state index in [4.69, 9.17) is 10.4 Å². The van der Waals surface area contributed by atoms with Gasteiger partial charge in [0, 0.05) is 17.0 Å². The lowest BCUT2D eigenvalue weighted by atomic mass is 10.0. The fourth-order valence-corrected chi connectivity index (χ4v) is 1.32. The SMILES string of the molecule is [CH2]C(CO)c1ccc(Br)c(C#N)c1. The minimum Gasteiger partial charge on any atom is -0.396 e. The molecular formula is C10H9BrNO. The molecule has 1 radical (unpaired) electrons. The zero-order chi connectivity index (χ0) is 9.84. The van der Waals surface area contributed by atoms with Crippen LogP contribution >= 0.6 is 15.9 Å². The zero-order valence-corrected chi connectivity index (χ0v) is 8.58. The van der Waals surface area contributed by atoms with Crippen molar-refractivity contribution in [3.8, 4) is 6.07 Å². The van der Waals surface area contributed by atoms with E-state index in [1.54, 1.807) is 12.1 Å². The van der Waals surface area contributed by atoms with E-state index in [0.717, 1.165) is 10.0 Å². The Morgan fingerprint density at radius 3 is 2.85 bits per heavy atom. The Morgan fingerprint density at radius 1 is 1.62 bits per heavy atom. The number of hydrogen-bond donors (Lipinski definition) is 1. The second-order valence-electron chi connectivity index (χ2n) is 2.73. The average Bonchev–Trinajstić information content (AvgIpc) is 2.17. The third-order valence-corrected chi connectivity index (χ3v) is 2.49. The molecule has 0 aromatic heterocycles. The molecule has 3 heteroatoms. The van der Waals surface area contributed by atoms with E-state index in [-0.39, 0.29) is 12.5 Å². The molecule has 0 aliphatic heterocycles. The van der Waals surface area contributed by atoms with Gasteiger partial charge >= 0.3 is 0 Å². The van der Waals surface area contributed by atoms with E-state index in [2.05, 4.69) is 28.9 Å². The largest absolute Gasteiger partial charge is 0.396 e. The van der Waals surface area contributed by atoms with Gasteiger partial charge in [0.25, 0.3) is 0 Å². The van der Waals surface area contributed by atoms with Crippen LogP contribution in [-0.2, 0) is 0 Å². The molecule has 1 unspecified atom stereocenters. The summed E-state index contributed by atoms with van der Waals surface area (Å²) in [6, 6.07) is 7.43. The van der Waals surface area contributed by atoms with E-state index in [9.17, 15) is 0 Å². The molecule has 1 atom stereocenters. The van der Waals surface area contributed by atoms with Crippen molar-refractivity contribution in [1.29, 1.82) is 5.26 Å². The predicted molar refractivity (Wildman–Crippen MR) is 54.0 cm³/mol. The minimum atomic E-state index is -0.166. The fourth-order valence-electron chi connectivity index (χ4n) is 0.988. The lowest BCUT2D eigenvalue weighted by molar-refractivity contribution is 0.282. The number of halogens is 1. The van der Waals surface area contributed by atoms with Crippen LogP contribution in [0.25, 0.3) is 0 Å². The van der Waals surface area contributed by atoms with Crippen LogP contribution in [0.2, 0.25) is 0 Å². The Kier molecular flexibility index (Phi) is 3.47. The number of nitriles is 1. The van der Waals surface area contributed by atoms with Crippen molar-refractivity contribution in [2.24, 2.45) is 0 Å². The lowest BCUT2D eigenvalue weighted by Gasteiger charge is -2.08. The number of aliphatic hydroxyl groups is 1. The molecule has 0 heterocycles. The minimum absolute atomic E-state index is 0.00744. The Bertz CT molecular complexity index is 343. The first-order chi connectivity index (χ1) is 6.19. The van der Waals surface area contributed by atoms with E-state index in [1.807, 2.05) is 6.07 Å². The molecule has 1 rings (SSSR count). The summed E-state index contributed by atoms with van der Waals surface area (Å²) in [7, 11) is 0. The van der Waals surface area contributed by atoms with Crippen molar-refractivity contribution >= 4 is 15.9 Å². The predicted octanol–water partition coefficient (Wildman–Crippen LogP) is 2.23. The second-order valence-corrected chi connectivity index (χ2v) is 3.58. The molecule has 0 fully saturated rings. The second kappa shape index (κ2) is 4.40. The van der Waals surface area contributed by atoms with Crippen LogP contribution in [0, 0.1) is 18.3 Å². The van der Waals surface area contributed by atoms with Gasteiger partial charge in [-0.05, 0) is 40.5 Å². The number of nitrogens with zero attached hydrogens (tertiary/aromatic N) is 1. The topological polar surface area (TPSA) is 44.0 Å². The summed E-state index contributed by atoms with van der Waals surface area (Å²) in [4.78, 5) is 0. The van der Waals surface area contributed by atoms with Crippen molar-refractivity contribution in [2.45, 2.75) is 5.92 Å². The van der Waals surface area contributed by atoms with Crippen LogP contribution in [0.5, 0.6) is 0 Å². The molecule has 1 aromatic carbocycles. The summed E-state index contributed by atoms with van der Waals surface area (Å²) in [5, 5.41) is 17.6. The highest BCUT2D eigenvalue weighted by atomic mass is 79.9. The van der Waals surface area contributed by atoms with Crippen LogP contribution in [0.4, 0.5) is 0 Å². The lowest BCUT2D eigenvalue weighted by Crippen LogP contribution is -1.99. The summed E-state index contributed by atoms with van der Waals surface area (Å²) in [6.07, 6.45) is 0. The highest BCUT2D eigenvalue weighted by molar-refractivity contribution is 9.10. The maximum absolute atomic E-state index is 8.86. The van der Waals surface area contributed by atoms with Crippen molar-refractivity contribution in [1.82, 2.24) is 0 Å². The summed E-state index contributed by atoms with van der Waals surface area (Å²) < 4.78 is 0.767. The van der Waals surface area contributed by atoms with Crippen LogP contribution in [-0.4, -0.2) is 11.7 Å². The molecule has 67 valence electrons. The van der Waals surface area contributed by atoms with Gasteiger partial charge in [0.15, 0.2) is 0 Å². The molecule has 0 aliphatic carbocycles. The maximum Gasteiger partial charge on any atom is 0.100 e. The van der Waals surface area contributed by atoms with Crippen molar-refractivity contribution < 1.29 is 5.11 Å². The fraction of sp³-hybridized carbons (Fsp3) is 0.200. The van der Waals surface area contributed by atoms with Gasteiger partial charge in [-0.2, -0.15) is 5.26 Å². The summed E-state index contributed by atoms with van der Waals surface area (Å²) in [5.41, 5.74) is 1.45. The number of aliphatic hydroxyl groups excluding tert-OH is 1. The Morgan fingerprint density at radius 2 is 2.31 bits per heavy atom. The first-order valence-corrected chi connectivity index (χ1v) is 4.62. The molecule has 0 saturated carbocycles. The van der Waals surface area contributed by atoms with E-state index >= 15 is 0 Å². The van der Waals surface area contributed by atoms with Crippen molar-refractivity contribution in [3.63, 3.8) is 0 Å². The maximum atomic E-state index is 8.86. The van der Waals surface area contributed by atoms with Gasteiger partial charge in [-0.1, -0.05) is 6.07 Å². The molecular weight excluding hydrogens is 230 g/mol. The van der Waals surface area contributed by atoms with Gasteiger partial charge in [0.1, 0.15) is 6.07 Å². The number of hydrogen-bond acceptors (Lipinski definition) is 2. The van der Waals surface area contributed by atoms with Crippen molar-refractivity contribution in [3.05, 3.63) is 40.7 Å². The van der Waals surface area contributed by atoms with Gasteiger partial charge in [0.2, 0.25) is 0 Å². The first kappa shape index (κ1) is 10.2. The third kappa shape index (κ3) is 2.30. The van der Waals surface area contributed by atoms with Crippen molar-refractivity contribution in [2.75, 3.05) is 6.61 Å². The van der Waals surface area contributed by atoms with Gasteiger partial charge in [-0.3, -0.25) is 0 Å². The van der Waals surface area contributed by atoms with E-state index in [0.29, 0.717) is 5.56 Å². The third-order valence-electron chi connectivity index (χ3n) is 1.80. The molecule has 1 N–H and O–H groups in total. The van der Waals surface area contributed by atoms with E-state index in [1.165, 1.54) is 0 Å². The van der Waals surface area contributed by atoms with Crippen LogP contribution in [0.1, 0.15) is 17.0 Å². The first-order valence-electron chi connectivity index (χ1n) is 3.82. The van der Waals surface area contributed by atoms with Gasteiger partial charge < -0.3 is 5.11 Å². The molecule has 0 spiro atoms. The Balaban J connectivity index is 3.08. The standard InChI is InChI=1S/C10H9BrNO/c1-7(6-13)8-2-3-10(11)9(4-8)5-12/h2-4,7,13H,1,6H2. The van der Waals surface area contributed by atoms with Gasteiger partial charge in [-0.15, -0.1) is 0 Å². The Labute approximate surface area is 85.9 Å². The number of benzene rings is 1.